The number of halogens is 2. The van der Waals surface area contributed by atoms with Gasteiger partial charge in [-0.3, -0.25) is 0 Å². The molecule has 0 radical (unpaired) electrons. The van der Waals surface area contributed by atoms with Crippen molar-refractivity contribution in [2.24, 2.45) is 0 Å². The number of benzene rings is 2. The quantitative estimate of drug-likeness (QED) is 0.500. The molecule has 3 rings (SSSR count). The number of aromatic nitrogens is 2. The molecule has 1 N–H and O–H groups in total. The van der Waals surface area contributed by atoms with Gasteiger partial charge in [-0.1, -0.05) is 23.4 Å². The van der Waals surface area contributed by atoms with Crippen molar-refractivity contribution in [1.29, 1.82) is 5.26 Å². The Bertz CT molecular complexity index is 937. The van der Waals surface area contributed by atoms with Crippen LogP contribution in [0.2, 0.25) is 5.02 Å². The molecule has 3 aromatic rings. The standard InChI is InChI=1S/C18H12ClFN4S/c1-25-18-23-16(11-2-6-13(20)7-3-11)15(10-21)17(24-18)22-14-8-4-12(19)5-9-14/h2-9H,1H3,(H,22,23,24). The second-order valence-corrected chi connectivity index (χ2v) is 6.24. The van der Waals surface area contributed by atoms with E-state index >= 15 is 0 Å². The highest BCUT2D eigenvalue weighted by Crippen LogP contribution is 2.30. The summed E-state index contributed by atoms with van der Waals surface area (Å²) in [5.41, 5.74) is 2.14. The minimum atomic E-state index is -0.346. The lowest BCUT2D eigenvalue weighted by molar-refractivity contribution is 0.628. The van der Waals surface area contributed by atoms with Crippen molar-refractivity contribution in [2.45, 2.75) is 5.16 Å². The molecule has 0 fully saturated rings. The molecule has 0 spiro atoms. The molecule has 0 aliphatic rings. The summed E-state index contributed by atoms with van der Waals surface area (Å²) in [6.07, 6.45) is 1.85. The van der Waals surface area contributed by atoms with E-state index in [-0.39, 0.29) is 5.82 Å². The van der Waals surface area contributed by atoms with E-state index < -0.39 is 0 Å². The average Bonchev–Trinajstić information content (AvgIpc) is 2.63. The normalized spacial score (nSPS) is 10.3. The predicted molar refractivity (Wildman–Crippen MR) is 98.7 cm³/mol. The largest absolute Gasteiger partial charge is 0.339 e. The molecule has 25 heavy (non-hydrogen) atoms. The minimum absolute atomic E-state index is 0.291. The lowest BCUT2D eigenvalue weighted by Crippen LogP contribution is -2.03. The molecule has 0 amide bonds. The zero-order valence-electron chi connectivity index (χ0n) is 13.1. The Kier molecular flexibility index (Phi) is 5.17. The molecular formula is C18H12ClFN4S. The summed E-state index contributed by atoms with van der Waals surface area (Å²) in [5.74, 6) is 0.0458. The molecule has 1 heterocycles. The second-order valence-electron chi connectivity index (χ2n) is 5.03. The molecule has 0 aliphatic heterocycles. The molecule has 0 saturated carbocycles. The van der Waals surface area contributed by atoms with Crippen LogP contribution in [0.1, 0.15) is 5.56 Å². The van der Waals surface area contributed by atoms with Crippen molar-refractivity contribution in [2.75, 3.05) is 11.6 Å². The molecule has 0 atom stereocenters. The fourth-order valence-electron chi connectivity index (χ4n) is 2.21. The maximum absolute atomic E-state index is 13.2. The lowest BCUT2D eigenvalue weighted by atomic mass is 10.1. The third kappa shape index (κ3) is 3.90. The molecule has 1 aromatic heterocycles. The van der Waals surface area contributed by atoms with Crippen LogP contribution in [0.3, 0.4) is 0 Å². The van der Waals surface area contributed by atoms with Crippen molar-refractivity contribution in [3.63, 3.8) is 0 Å². The highest BCUT2D eigenvalue weighted by atomic mass is 35.5. The Morgan fingerprint density at radius 3 is 2.36 bits per heavy atom. The van der Waals surface area contributed by atoms with Gasteiger partial charge in [0.15, 0.2) is 11.0 Å². The zero-order chi connectivity index (χ0) is 17.8. The van der Waals surface area contributed by atoms with E-state index in [1.54, 1.807) is 36.4 Å². The molecule has 0 aliphatic carbocycles. The maximum Gasteiger partial charge on any atom is 0.189 e. The first kappa shape index (κ1) is 17.2. The fraction of sp³-hybridized carbons (Fsp3) is 0.0556. The minimum Gasteiger partial charge on any atom is -0.339 e. The molecule has 0 bridgehead atoms. The van der Waals surface area contributed by atoms with Crippen molar-refractivity contribution in [3.8, 4) is 17.3 Å². The van der Waals surface area contributed by atoms with Crippen LogP contribution in [-0.4, -0.2) is 16.2 Å². The Labute approximate surface area is 153 Å². The van der Waals surface area contributed by atoms with Gasteiger partial charge in [-0.25, -0.2) is 14.4 Å². The number of anilines is 2. The van der Waals surface area contributed by atoms with Crippen LogP contribution in [0.15, 0.2) is 53.7 Å². The number of nitriles is 1. The first-order valence-electron chi connectivity index (χ1n) is 7.25. The molecular weight excluding hydrogens is 359 g/mol. The average molecular weight is 371 g/mol. The summed E-state index contributed by atoms with van der Waals surface area (Å²) in [6, 6.07) is 15.1. The van der Waals surface area contributed by atoms with Crippen molar-refractivity contribution in [1.82, 2.24) is 9.97 Å². The first-order chi connectivity index (χ1) is 12.1. The Morgan fingerprint density at radius 1 is 1.08 bits per heavy atom. The van der Waals surface area contributed by atoms with Crippen molar-refractivity contribution >= 4 is 34.9 Å². The lowest BCUT2D eigenvalue weighted by Gasteiger charge is -2.12. The van der Waals surface area contributed by atoms with E-state index in [2.05, 4.69) is 21.4 Å². The molecule has 7 heteroatoms. The third-order valence-electron chi connectivity index (χ3n) is 3.41. The monoisotopic (exact) mass is 370 g/mol. The Hall–Kier alpha value is -2.62. The Balaban J connectivity index is 2.11. The van der Waals surface area contributed by atoms with Gasteiger partial charge in [0.1, 0.15) is 17.4 Å². The Morgan fingerprint density at radius 2 is 1.76 bits per heavy atom. The summed E-state index contributed by atoms with van der Waals surface area (Å²) in [6.45, 7) is 0. The molecule has 2 aromatic carbocycles. The molecule has 0 unspecified atom stereocenters. The van der Waals surface area contributed by atoms with E-state index in [0.29, 0.717) is 32.8 Å². The van der Waals surface area contributed by atoms with E-state index in [1.165, 1.54) is 23.9 Å². The van der Waals surface area contributed by atoms with Gasteiger partial charge in [0.2, 0.25) is 0 Å². The summed E-state index contributed by atoms with van der Waals surface area (Å²) >= 11 is 7.26. The third-order valence-corrected chi connectivity index (χ3v) is 4.21. The summed E-state index contributed by atoms with van der Waals surface area (Å²) in [5, 5.41) is 13.9. The highest BCUT2D eigenvalue weighted by Gasteiger charge is 2.16. The van der Waals surface area contributed by atoms with Crippen LogP contribution in [-0.2, 0) is 0 Å². The van der Waals surface area contributed by atoms with Crippen LogP contribution in [0.5, 0.6) is 0 Å². The van der Waals surface area contributed by atoms with Crippen molar-refractivity contribution < 1.29 is 4.39 Å². The van der Waals surface area contributed by atoms with Crippen LogP contribution < -0.4 is 5.32 Å². The SMILES string of the molecule is CSc1nc(Nc2ccc(Cl)cc2)c(C#N)c(-c2ccc(F)cc2)n1. The van der Waals surface area contributed by atoms with Gasteiger partial charge in [-0.05, 0) is 54.8 Å². The van der Waals surface area contributed by atoms with Crippen LogP contribution in [0.25, 0.3) is 11.3 Å². The molecule has 0 saturated heterocycles. The van der Waals surface area contributed by atoms with E-state index in [1.807, 2.05) is 6.26 Å². The van der Waals surface area contributed by atoms with Gasteiger partial charge in [0.25, 0.3) is 0 Å². The first-order valence-corrected chi connectivity index (χ1v) is 8.85. The zero-order valence-corrected chi connectivity index (χ0v) is 14.7. The van der Waals surface area contributed by atoms with E-state index in [0.717, 1.165) is 5.69 Å². The van der Waals surface area contributed by atoms with Gasteiger partial charge < -0.3 is 5.32 Å². The van der Waals surface area contributed by atoms with E-state index in [4.69, 9.17) is 11.6 Å². The maximum atomic E-state index is 13.2. The molecule has 4 nitrogen and oxygen atoms in total. The smallest absolute Gasteiger partial charge is 0.189 e. The summed E-state index contributed by atoms with van der Waals surface area (Å²) < 4.78 is 13.2. The number of thioether (sulfide) groups is 1. The predicted octanol–water partition coefficient (Wildman–Crippen LogP) is 5.27. The summed E-state index contributed by atoms with van der Waals surface area (Å²) in [4.78, 5) is 8.82. The van der Waals surface area contributed by atoms with Gasteiger partial charge >= 0.3 is 0 Å². The number of nitrogens with zero attached hydrogens (tertiary/aromatic N) is 3. The van der Waals surface area contributed by atoms with Crippen molar-refractivity contribution in [3.05, 3.63) is 64.9 Å². The topological polar surface area (TPSA) is 61.6 Å². The van der Waals surface area contributed by atoms with Crippen LogP contribution in [0, 0.1) is 17.1 Å². The second kappa shape index (κ2) is 7.51. The number of rotatable bonds is 4. The molecule has 124 valence electrons. The fourth-order valence-corrected chi connectivity index (χ4v) is 2.71. The highest BCUT2D eigenvalue weighted by molar-refractivity contribution is 7.98. The van der Waals surface area contributed by atoms with Gasteiger partial charge in [0.05, 0.1) is 5.69 Å². The summed E-state index contributed by atoms with van der Waals surface area (Å²) in [7, 11) is 0. The van der Waals surface area contributed by atoms with Gasteiger partial charge in [-0.15, -0.1) is 0 Å². The number of hydrogen-bond acceptors (Lipinski definition) is 5. The van der Waals surface area contributed by atoms with Gasteiger partial charge in [0, 0.05) is 16.3 Å². The van der Waals surface area contributed by atoms with Gasteiger partial charge in [-0.2, -0.15) is 5.26 Å². The van der Waals surface area contributed by atoms with Crippen LogP contribution in [0.4, 0.5) is 15.9 Å². The van der Waals surface area contributed by atoms with E-state index in [9.17, 15) is 9.65 Å². The number of hydrogen-bond donors (Lipinski definition) is 1. The number of nitrogens with one attached hydrogen (secondary N) is 1. The van der Waals surface area contributed by atoms with Crippen LogP contribution >= 0.6 is 23.4 Å².